The van der Waals surface area contributed by atoms with Gasteiger partial charge in [0.1, 0.15) is 11.5 Å². The van der Waals surface area contributed by atoms with Gasteiger partial charge in [-0.25, -0.2) is 0 Å². The van der Waals surface area contributed by atoms with Gasteiger partial charge in [-0.15, -0.1) is 0 Å². The third-order valence-electron chi connectivity index (χ3n) is 3.21. The lowest BCUT2D eigenvalue weighted by Gasteiger charge is -2.13. The van der Waals surface area contributed by atoms with Crippen LogP contribution in [0.25, 0.3) is 0 Å². The maximum absolute atomic E-state index is 9.12. The number of rotatable bonds is 2. The molecule has 3 nitrogen and oxygen atoms in total. The van der Waals surface area contributed by atoms with Crippen LogP contribution in [0.5, 0.6) is 11.5 Å². The number of aliphatic hydroxyl groups excluding tert-OH is 1. The molecule has 0 fully saturated rings. The predicted molar refractivity (Wildman–Crippen MR) is 60.6 cm³/mol. The highest BCUT2D eigenvalue weighted by molar-refractivity contribution is 6.33. The molecule has 0 aromatic heterocycles. The Hall–Kier alpha value is -0.930. The Bertz CT molecular complexity index is 407. The van der Waals surface area contributed by atoms with Crippen LogP contribution in [0.1, 0.15) is 16.7 Å². The van der Waals surface area contributed by atoms with E-state index in [-0.39, 0.29) is 6.61 Å². The molecule has 3 rings (SSSR count). The summed E-state index contributed by atoms with van der Waals surface area (Å²) in [6, 6.07) is 0. The minimum absolute atomic E-state index is 0.129. The van der Waals surface area contributed by atoms with Crippen molar-refractivity contribution in [2.45, 2.75) is 19.3 Å². The standard InChI is InChI=1S/C12H13ClO3/c13-10-9-3-6-15-11(9)7(1-4-14)8-2-5-16-12(8)10/h14H,1-6H2. The van der Waals surface area contributed by atoms with E-state index in [2.05, 4.69) is 0 Å². The average molecular weight is 241 g/mol. The number of hydrogen-bond acceptors (Lipinski definition) is 3. The van der Waals surface area contributed by atoms with E-state index in [1.165, 1.54) is 0 Å². The summed E-state index contributed by atoms with van der Waals surface area (Å²) < 4.78 is 11.2. The minimum atomic E-state index is 0.129. The molecule has 0 saturated heterocycles. The third kappa shape index (κ3) is 1.31. The molecule has 2 aliphatic rings. The van der Waals surface area contributed by atoms with Crippen LogP contribution in [0.3, 0.4) is 0 Å². The zero-order valence-corrected chi connectivity index (χ0v) is 9.64. The Labute approximate surface area is 98.9 Å². The highest BCUT2D eigenvalue weighted by Gasteiger charge is 2.30. The molecule has 1 N–H and O–H groups in total. The Morgan fingerprint density at radius 1 is 1.06 bits per heavy atom. The summed E-state index contributed by atoms with van der Waals surface area (Å²) in [4.78, 5) is 0. The molecule has 2 heterocycles. The van der Waals surface area contributed by atoms with E-state index in [0.29, 0.717) is 24.7 Å². The van der Waals surface area contributed by atoms with Gasteiger partial charge in [0.15, 0.2) is 0 Å². The number of halogens is 1. The molecule has 1 aromatic rings. The quantitative estimate of drug-likeness (QED) is 0.856. The van der Waals surface area contributed by atoms with Gasteiger partial charge in [0, 0.05) is 36.1 Å². The molecular formula is C12H13ClO3. The second kappa shape index (κ2) is 3.82. The summed E-state index contributed by atoms with van der Waals surface area (Å²) in [5, 5.41) is 9.83. The third-order valence-corrected chi connectivity index (χ3v) is 3.61. The van der Waals surface area contributed by atoms with Crippen LogP contribution in [0.2, 0.25) is 5.02 Å². The van der Waals surface area contributed by atoms with Crippen LogP contribution >= 0.6 is 11.6 Å². The van der Waals surface area contributed by atoms with Crippen LogP contribution in [0.15, 0.2) is 0 Å². The molecule has 0 amide bonds. The fourth-order valence-electron chi connectivity index (χ4n) is 2.52. The van der Waals surface area contributed by atoms with Gasteiger partial charge < -0.3 is 14.6 Å². The lowest BCUT2D eigenvalue weighted by atomic mass is 9.97. The molecule has 16 heavy (non-hydrogen) atoms. The van der Waals surface area contributed by atoms with Gasteiger partial charge in [0.05, 0.1) is 18.2 Å². The molecular weight excluding hydrogens is 228 g/mol. The van der Waals surface area contributed by atoms with Crippen molar-refractivity contribution in [1.29, 1.82) is 0 Å². The van der Waals surface area contributed by atoms with Crippen molar-refractivity contribution in [3.8, 4) is 11.5 Å². The average Bonchev–Trinajstić information content (AvgIpc) is 2.92. The number of aliphatic hydroxyl groups is 1. The summed E-state index contributed by atoms with van der Waals surface area (Å²) in [7, 11) is 0. The van der Waals surface area contributed by atoms with Crippen molar-refractivity contribution in [1.82, 2.24) is 0 Å². The molecule has 0 unspecified atom stereocenters. The largest absolute Gasteiger partial charge is 0.493 e. The van der Waals surface area contributed by atoms with Crippen LogP contribution in [0, 0.1) is 0 Å². The van der Waals surface area contributed by atoms with Crippen molar-refractivity contribution in [2.75, 3.05) is 19.8 Å². The van der Waals surface area contributed by atoms with Crippen LogP contribution in [0.4, 0.5) is 0 Å². The van der Waals surface area contributed by atoms with Crippen LogP contribution in [-0.4, -0.2) is 24.9 Å². The van der Waals surface area contributed by atoms with Gasteiger partial charge in [0.25, 0.3) is 0 Å². The molecule has 4 heteroatoms. The molecule has 0 atom stereocenters. The lowest BCUT2D eigenvalue weighted by molar-refractivity contribution is 0.294. The SMILES string of the molecule is OCCc1c2c(c(Cl)c3c1OCC3)OCC2. The molecule has 0 radical (unpaired) electrons. The second-order valence-corrected chi connectivity index (χ2v) is 4.46. The fourth-order valence-corrected chi connectivity index (χ4v) is 2.87. The van der Waals surface area contributed by atoms with Crippen molar-refractivity contribution >= 4 is 11.6 Å². The predicted octanol–water partition coefficient (Wildman–Crippen LogP) is 1.74. The maximum atomic E-state index is 9.12. The molecule has 0 bridgehead atoms. The van der Waals surface area contributed by atoms with Crippen molar-refractivity contribution < 1.29 is 14.6 Å². The Morgan fingerprint density at radius 3 is 2.50 bits per heavy atom. The van der Waals surface area contributed by atoms with E-state index in [0.717, 1.165) is 41.0 Å². The Kier molecular flexibility index (Phi) is 2.45. The zero-order valence-electron chi connectivity index (χ0n) is 8.88. The van der Waals surface area contributed by atoms with Crippen LogP contribution < -0.4 is 9.47 Å². The first kappa shape index (κ1) is 10.2. The molecule has 86 valence electrons. The van der Waals surface area contributed by atoms with Crippen molar-refractivity contribution in [3.63, 3.8) is 0 Å². The summed E-state index contributed by atoms with van der Waals surface area (Å²) in [6.07, 6.45) is 2.31. The molecule has 0 spiro atoms. The summed E-state index contributed by atoms with van der Waals surface area (Å²) in [6.45, 7) is 1.48. The number of hydrogen-bond donors (Lipinski definition) is 1. The van der Waals surface area contributed by atoms with Gasteiger partial charge in [-0.2, -0.15) is 0 Å². The van der Waals surface area contributed by atoms with E-state index in [1.54, 1.807) is 0 Å². The van der Waals surface area contributed by atoms with E-state index in [9.17, 15) is 0 Å². The zero-order chi connectivity index (χ0) is 11.1. The van der Waals surface area contributed by atoms with Gasteiger partial charge in [-0.1, -0.05) is 11.6 Å². The summed E-state index contributed by atoms with van der Waals surface area (Å²) in [5.74, 6) is 1.71. The van der Waals surface area contributed by atoms with Gasteiger partial charge in [-0.3, -0.25) is 0 Å². The molecule has 0 saturated carbocycles. The minimum Gasteiger partial charge on any atom is -0.493 e. The van der Waals surface area contributed by atoms with Crippen molar-refractivity contribution in [2.24, 2.45) is 0 Å². The van der Waals surface area contributed by atoms with Gasteiger partial charge in [0.2, 0.25) is 0 Å². The number of benzene rings is 1. The first-order valence-electron chi connectivity index (χ1n) is 5.55. The Morgan fingerprint density at radius 2 is 1.75 bits per heavy atom. The number of fused-ring (bicyclic) bond motifs is 2. The van der Waals surface area contributed by atoms with E-state index in [4.69, 9.17) is 26.2 Å². The highest BCUT2D eigenvalue weighted by atomic mass is 35.5. The highest BCUT2D eigenvalue weighted by Crippen LogP contribution is 2.47. The molecule has 0 aliphatic carbocycles. The summed E-state index contributed by atoms with van der Waals surface area (Å²) in [5.41, 5.74) is 3.26. The van der Waals surface area contributed by atoms with Gasteiger partial charge in [-0.05, 0) is 6.42 Å². The number of ether oxygens (including phenoxy) is 2. The second-order valence-electron chi connectivity index (χ2n) is 4.08. The van der Waals surface area contributed by atoms with E-state index >= 15 is 0 Å². The summed E-state index contributed by atoms with van der Waals surface area (Å²) >= 11 is 6.30. The monoisotopic (exact) mass is 240 g/mol. The Balaban J connectivity index is 2.23. The van der Waals surface area contributed by atoms with E-state index < -0.39 is 0 Å². The van der Waals surface area contributed by atoms with Gasteiger partial charge >= 0.3 is 0 Å². The van der Waals surface area contributed by atoms with Crippen LogP contribution in [-0.2, 0) is 19.3 Å². The first-order chi connectivity index (χ1) is 7.83. The fraction of sp³-hybridized carbons (Fsp3) is 0.500. The smallest absolute Gasteiger partial charge is 0.142 e. The lowest BCUT2D eigenvalue weighted by Crippen LogP contribution is -2.00. The van der Waals surface area contributed by atoms with Crippen molar-refractivity contribution in [3.05, 3.63) is 21.7 Å². The van der Waals surface area contributed by atoms with E-state index in [1.807, 2.05) is 0 Å². The molecule has 1 aromatic carbocycles. The normalized spacial score (nSPS) is 16.6. The first-order valence-corrected chi connectivity index (χ1v) is 5.93. The topological polar surface area (TPSA) is 38.7 Å². The maximum Gasteiger partial charge on any atom is 0.142 e. The molecule has 2 aliphatic heterocycles.